The van der Waals surface area contributed by atoms with Gasteiger partial charge in [-0.2, -0.15) is 0 Å². The first-order valence-electron chi connectivity index (χ1n) is 6.21. The lowest BCUT2D eigenvalue weighted by atomic mass is 10.0. The van der Waals surface area contributed by atoms with Crippen LogP contribution < -0.4 is 0 Å². The van der Waals surface area contributed by atoms with Gasteiger partial charge in [-0.25, -0.2) is 0 Å². The van der Waals surface area contributed by atoms with Crippen molar-refractivity contribution in [1.29, 1.82) is 0 Å². The van der Waals surface area contributed by atoms with Gasteiger partial charge in [0.05, 0.1) is 0 Å². The van der Waals surface area contributed by atoms with Crippen LogP contribution in [0.2, 0.25) is 0 Å². The van der Waals surface area contributed by atoms with E-state index in [0.717, 1.165) is 30.8 Å². The van der Waals surface area contributed by atoms with Crippen LogP contribution in [-0.2, 0) is 9.47 Å². The molecule has 1 saturated heterocycles. The van der Waals surface area contributed by atoms with Crippen LogP contribution in [0.4, 0.5) is 0 Å². The van der Waals surface area contributed by atoms with E-state index < -0.39 is 0 Å². The molecule has 1 heterocycles. The summed E-state index contributed by atoms with van der Waals surface area (Å²) in [4.78, 5) is 0. The van der Waals surface area contributed by atoms with E-state index in [9.17, 15) is 0 Å². The zero-order valence-corrected chi connectivity index (χ0v) is 11.2. The van der Waals surface area contributed by atoms with Crippen molar-refractivity contribution in [2.24, 2.45) is 5.92 Å². The Morgan fingerprint density at radius 1 is 1.12 bits per heavy atom. The molecule has 2 heteroatoms. The lowest BCUT2D eigenvalue weighted by molar-refractivity contribution is 0.0959. The van der Waals surface area contributed by atoms with Crippen molar-refractivity contribution >= 4 is 0 Å². The quantitative estimate of drug-likeness (QED) is 0.705. The van der Waals surface area contributed by atoms with Gasteiger partial charge >= 0.3 is 0 Å². The Bertz CT molecular complexity index is 298. The van der Waals surface area contributed by atoms with Crippen LogP contribution in [0.5, 0.6) is 0 Å². The highest BCUT2D eigenvalue weighted by Gasteiger charge is 2.21. The van der Waals surface area contributed by atoms with Gasteiger partial charge < -0.3 is 9.47 Å². The Kier molecular flexibility index (Phi) is 4.91. The lowest BCUT2D eigenvalue weighted by Crippen LogP contribution is -1.96. The minimum Gasteiger partial charge on any atom is -0.454 e. The molecule has 1 aliphatic rings. The Labute approximate surface area is 99.3 Å². The van der Waals surface area contributed by atoms with Gasteiger partial charge in [-0.15, -0.1) is 0 Å². The summed E-state index contributed by atoms with van der Waals surface area (Å²) in [6, 6.07) is 0. The average molecular weight is 224 g/mol. The first-order valence-corrected chi connectivity index (χ1v) is 6.21. The maximum Gasteiger partial charge on any atom is 0.231 e. The fraction of sp³-hybridized carbons (Fsp3) is 0.714. The largest absolute Gasteiger partial charge is 0.454 e. The van der Waals surface area contributed by atoms with E-state index in [-0.39, 0.29) is 0 Å². The molecule has 0 aromatic rings. The summed E-state index contributed by atoms with van der Waals surface area (Å²) in [7, 11) is 0. The van der Waals surface area contributed by atoms with E-state index in [1.807, 2.05) is 0 Å². The second kappa shape index (κ2) is 5.97. The lowest BCUT2D eigenvalue weighted by Gasteiger charge is -2.09. The van der Waals surface area contributed by atoms with Crippen molar-refractivity contribution < 1.29 is 9.47 Å². The van der Waals surface area contributed by atoms with Crippen molar-refractivity contribution in [1.82, 2.24) is 0 Å². The van der Waals surface area contributed by atoms with Crippen molar-refractivity contribution in [3.8, 4) is 0 Å². The molecule has 1 fully saturated rings. The van der Waals surface area contributed by atoms with Crippen LogP contribution in [0.15, 0.2) is 22.7 Å². The van der Waals surface area contributed by atoms with Crippen molar-refractivity contribution in [2.45, 2.75) is 53.9 Å². The molecule has 16 heavy (non-hydrogen) atoms. The zero-order chi connectivity index (χ0) is 12.1. The molecule has 2 nitrogen and oxygen atoms in total. The van der Waals surface area contributed by atoms with Crippen LogP contribution >= 0.6 is 0 Å². The molecule has 0 aromatic heterocycles. The molecule has 0 atom stereocenters. The van der Waals surface area contributed by atoms with E-state index in [1.165, 1.54) is 11.1 Å². The predicted octanol–water partition coefficient (Wildman–Crippen LogP) is 4.38. The Balaban J connectivity index is 2.90. The third kappa shape index (κ3) is 3.29. The minimum atomic E-state index is 0.376. The summed E-state index contributed by atoms with van der Waals surface area (Å²) in [5.41, 5.74) is 2.61. The van der Waals surface area contributed by atoms with Crippen LogP contribution in [0.25, 0.3) is 0 Å². The van der Waals surface area contributed by atoms with Gasteiger partial charge in [-0.1, -0.05) is 27.2 Å². The Morgan fingerprint density at radius 3 is 2.19 bits per heavy atom. The van der Waals surface area contributed by atoms with Gasteiger partial charge in [0, 0.05) is 0 Å². The van der Waals surface area contributed by atoms with Gasteiger partial charge in [0.2, 0.25) is 6.79 Å². The molecule has 1 aliphatic heterocycles. The highest BCUT2D eigenvalue weighted by molar-refractivity contribution is 5.31. The van der Waals surface area contributed by atoms with E-state index >= 15 is 0 Å². The Morgan fingerprint density at radius 2 is 1.69 bits per heavy atom. The second-order valence-electron chi connectivity index (χ2n) is 4.97. The van der Waals surface area contributed by atoms with E-state index in [4.69, 9.17) is 9.47 Å². The predicted molar refractivity (Wildman–Crippen MR) is 66.8 cm³/mol. The molecule has 0 N–H and O–H groups in total. The molecule has 1 rings (SSSR count). The van der Waals surface area contributed by atoms with E-state index in [1.54, 1.807) is 0 Å². The van der Waals surface area contributed by atoms with Gasteiger partial charge in [0.25, 0.3) is 0 Å². The number of allylic oxidation sites excluding steroid dienone is 2. The molecule has 0 saturated carbocycles. The highest BCUT2D eigenvalue weighted by atomic mass is 16.7. The van der Waals surface area contributed by atoms with E-state index in [0.29, 0.717) is 12.7 Å². The second-order valence-corrected chi connectivity index (χ2v) is 4.97. The van der Waals surface area contributed by atoms with Crippen molar-refractivity contribution in [3.05, 3.63) is 22.7 Å². The molecule has 0 aromatic carbocycles. The number of rotatable bonds is 4. The molecule has 0 bridgehead atoms. The van der Waals surface area contributed by atoms with E-state index in [2.05, 4.69) is 34.6 Å². The third-order valence-corrected chi connectivity index (χ3v) is 2.73. The first-order chi connectivity index (χ1) is 7.56. The molecule has 0 aliphatic carbocycles. The monoisotopic (exact) mass is 224 g/mol. The smallest absolute Gasteiger partial charge is 0.231 e. The van der Waals surface area contributed by atoms with Crippen LogP contribution in [0.3, 0.4) is 0 Å². The topological polar surface area (TPSA) is 18.5 Å². The normalized spacial score (nSPS) is 21.9. The standard InChI is InChI=1S/C14H24O2/c1-6-7-11(4)13-14(16-9-15-13)12(5)8-10(2)3/h10H,6-9H2,1-5H3. The molecular weight excluding hydrogens is 200 g/mol. The van der Waals surface area contributed by atoms with Crippen LogP contribution in [-0.4, -0.2) is 6.79 Å². The summed E-state index contributed by atoms with van der Waals surface area (Å²) in [6.07, 6.45) is 3.30. The number of hydrogen-bond acceptors (Lipinski definition) is 2. The molecule has 0 amide bonds. The van der Waals surface area contributed by atoms with Crippen molar-refractivity contribution in [2.75, 3.05) is 6.79 Å². The Hall–Kier alpha value is -0.920. The van der Waals surface area contributed by atoms with Crippen LogP contribution in [0, 0.1) is 5.92 Å². The number of ether oxygens (including phenoxy) is 2. The zero-order valence-electron chi connectivity index (χ0n) is 11.2. The van der Waals surface area contributed by atoms with Gasteiger partial charge in [-0.05, 0) is 43.8 Å². The van der Waals surface area contributed by atoms with Gasteiger partial charge in [0.1, 0.15) is 0 Å². The maximum atomic E-state index is 5.60. The molecule has 0 radical (unpaired) electrons. The minimum absolute atomic E-state index is 0.376. The van der Waals surface area contributed by atoms with Gasteiger partial charge in [0.15, 0.2) is 11.5 Å². The highest BCUT2D eigenvalue weighted by Crippen LogP contribution is 2.30. The number of hydrogen-bond donors (Lipinski definition) is 0. The fourth-order valence-electron chi connectivity index (χ4n) is 2.11. The summed E-state index contributed by atoms with van der Waals surface area (Å²) in [6.45, 7) is 11.3. The molecular formula is C14H24O2. The van der Waals surface area contributed by atoms with Crippen LogP contribution in [0.1, 0.15) is 53.9 Å². The van der Waals surface area contributed by atoms with Gasteiger partial charge in [-0.3, -0.25) is 0 Å². The SMILES string of the molecule is CCCC(C)=C1OCOC1=C(C)CC(C)C. The molecule has 0 spiro atoms. The first kappa shape index (κ1) is 13.1. The average Bonchev–Trinajstić information content (AvgIpc) is 2.65. The third-order valence-electron chi connectivity index (χ3n) is 2.73. The fourth-order valence-corrected chi connectivity index (χ4v) is 2.11. The summed E-state index contributed by atoms with van der Waals surface area (Å²) in [5.74, 6) is 2.63. The summed E-state index contributed by atoms with van der Waals surface area (Å²) >= 11 is 0. The summed E-state index contributed by atoms with van der Waals surface area (Å²) in [5, 5.41) is 0. The molecule has 92 valence electrons. The summed E-state index contributed by atoms with van der Waals surface area (Å²) < 4.78 is 11.2. The van der Waals surface area contributed by atoms with Crippen molar-refractivity contribution in [3.63, 3.8) is 0 Å². The maximum absolute atomic E-state index is 5.60. The molecule has 0 unspecified atom stereocenters.